The third-order valence-corrected chi connectivity index (χ3v) is 7.34. The molecule has 3 rings (SSSR count). The molecule has 0 aliphatic heterocycles. The van der Waals surface area contributed by atoms with Gasteiger partial charge in [0.1, 0.15) is 17.7 Å². The highest BCUT2D eigenvalue weighted by Crippen LogP contribution is 2.44. The first-order chi connectivity index (χ1) is 16.9. The van der Waals surface area contributed by atoms with E-state index in [1.807, 2.05) is 0 Å². The number of carboxylic acids is 1. The number of hydrogen-bond acceptors (Lipinski definition) is 7. The summed E-state index contributed by atoms with van der Waals surface area (Å²) in [6, 6.07) is 6.54. The van der Waals surface area contributed by atoms with Crippen molar-refractivity contribution in [1.29, 1.82) is 0 Å². The summed E-state index contributed by atoms with van der Waals surface area (Å²) in [7, 11) is 0. The number of aliphatic carboxylic acids is 1. The molecular formula is C25H35N3O8. The number of nitrogens with one attached hydrogen (secondary N) is 2. The molecular weight excluding hydrogens is 470 g/mol. The van der Waals surface area contributed by atoms with Gasteiger partial charge in [0, 0.05) is 25.7 Å². The number of nitrogens with two attached hydrogens (primary N) is 1. The van der Waals surface area contributed by atoms with Crippen molar-refractivity contribution >= 4 is 23.7 Å². The number of rotatable bonds is 10. The second-order valence-electron chi connectivity index (χ2n) is 10.2. The number of primary amides is 1. The predicted octanol–water partition coefficient (Wildman–Crippen LogP) is -0.644. The monoisotopic (exact) mass is 505 g/mol. The zero-order valence-corrected chi connectivity index (χ0v) is 20.1. The number of carbonyl (C=O) groups is 4. The van der Waals surface area contributed by atoms with E-state index in [1.165, 1.54) is 0 Å². The molecule has 2 aliphatic rings. The maximum atomic E-state index is 13.0. The Hall–Kier alpha value is -3.02. The fraction of sp³-hybridized carbons (Fsp3) is 0.600. The molecule has 0 unspecified atom stereocenters. The summed E-state index contributed by atoms with van der Waals surface area (Å²) < 4.78 is 0. The summed E-state index contributed by atoms with van der Waals surface area (Å²) in [5, 5.41) is 46.2. The highest BCUT2D eigenvalue weighted by Gasteiger charge is 2.50. The summed E-state index contributed by atoms with van der Waals surface area (Å²) in [5.41, 5.74) is 3.31. The number of aliphatic hydroxyl groups is 3. The standard InChI is InChI=1S/C25H35N3O8/c26-22(34)16(10-15-6-2-1-3-7-15)28-23(35)25(36)11-17(21(33)18(29)12-25)27-19(30)13-24(14-20(31)32)8-4-5-9-24/h1-3,6-7,16-18,21,29,33,36H,4-5,8-14H2,(H2,26,34)(H,27,30)(H,28,35)(H,31,32)/t16-,17+,18-,21-,25-/m1/s1. The summed E-state index contributed by atoms with van der Waals surface area (Å²) in [4.78, 5) is 49.1. The quantitative estimate of drug-likeness (QED) is 0.218. The van der Waals surface area contributed by atoms with Crippen LogP contribution in [-0.4, -0.2) is 74.0 Å². The summed E-state index contributed by atoms with van der Waals surface area (Å²) in [6.07, 6.45) is -1.23. The largest absolute Gasteiger partial charge is 0.481 e. The van der Waals surface area contributed by atoms with Crippen LogP contribution in [0.2, 0.25) is 0 Å². The number of benzene rings is 1. The van der Waals surface area contributed by atoms with Gasteiger partial charge >= 0.3 is 5.97 Å². The van der Waals surface area contributed by atoms with Crippen molar-refractivity contribution in [2.24, 2.45) is 11.1 Å². The van der Waals surface area contributed by atoms with E-state index in [-0.39, 0.29) is 19.3 Å². The molecule has 0 heterocycles. The van der Waals surface area contributed by atoms with Crippen LogP contribution in [0.3, 0.4) is 0 Å². The normalized spacial score (nSPS) is 28.1. The molecule has 2 aliphatic carbocycles. The van der Waals surface area contributed by atoms with E-state index in [2.05, 4.69) is 10.6 Å². The van der Waals surface area contributed by atoms with Crippen molar-refractivity contribution in [2.75, 3.05) is 0 Å². The van der Waals surface area contributed by atoms with Gasteiger partial charge in [0.2, 0.25) is 11.8 Å². The van der Waals surface area contributed by atoms with E-state index in [1.54, 1.807) is 30.3 Å². The second kappa shape index (κ2) is 11.4. The second-order valence-corrected chi connectivity index (χ2v) is 10.2. The zero-order valence-electron chi connectivity index (χ0n) is 20.1. The topological polar surface area (TPSA) is 199 Å². The SMILES string of the molecule is NC(=O)[C@@H](Cc1ccccc1)NC(=O)[C@]1(O)C[C@@H](O)[C@H](O)[C@@H](NC(=O)CC2(CC(=O)O)CCCC2)C1. The van der Waals surface area contributed by atoms with Crippen LogP contribution in [0.25, 0.3) is 0 Å². The van der Waals surface area contributed by atoms with Gasteiger partial charge in [-0.1, -0.05) is 43.2 Å². The Bertz CT molecular complexity index is 965. The molecule has 2 fully saturated rings. The van der Waals surface area contributed by atoms with E-state index in [4.69, 9.17) is 5.73 Å². The first-order valence-corrected chi connectivity index (χ1v) is 12.2. The van der Waals surface area contributed by atoms with Crippen LogP contribution in [0.1, 0.15) is 56.9 Å². The maximum Gasteiger partial charge on any atom is 0.303 e. The Balaban J connectivity index is 1.68. The van der Waals surface area contributed by atoms with Crippen LogP contribution in [0.5, 0.6) is 0 Å². The van der Waals surface area contributed by atoms with Crippen LogP contribution < -0.4 is 16.4 Å². The predicted molar refractivity (Wildman–Crippen MR) is 127 cm³/mol. The average molecular weight is 506 g/mol. The Labute approximate surface area is 209 Å². The van der Waals surface area contributed by atoms with Gasteiger partial charge in [-0.25, -0.2) is 0 Å². The average Bonchev–Trinajstić information content (AvgIpc) is 3.24. The van der Waals surface area contributed by atoms with Crippen molar-refractivity contribution in [1.82, 2.24) is 10.6 Å². The van der Waals surface area contributed by atoms with Crippen molar-refractivity contribution in [3.63, 3.8) is 0 Å². The smallest absolute Gasteiger partial charge is 0.303 e. The minimum atomic E-state index is -2.19. The fourth-order valence-electron chi connectivity index (χ4n) is 5.45. The highest BCUT2D eigenvalue weighted by molar-refractivity contribution is 5.91. The molecule has 11 nitrogen and oxygen atoms in total. The lowest BCUT2D eigenvalue weighted by Gasteiger charge is -2.42. The van der Waals surface area contributed by atoms with Gasteiger partial charge in [0.15, 0.2) is 0 Å². The maximum absolute atomic E-state index is 13.0. The minimum Gasteiger partial charge on any atom is -0.481 e. The number of aliphatic hydroxyl groups excluding tert-OH is 2. The Morgan fingerprint density at radius 1 is 1.03 bits per heavy atom. The first-order valence-electron chi connectivity index (χ1n) is 12.2. The van der Waals surface area contributed by atoms with Gasteiger partial charge < -0.3 is 36.8 Å². The Kier molecular flexibility index (Phi) is 8.70. The molecule has 198 valence electrons. The molecule has 0 aromatic heterocycles. The highest BCUT2D eigenvalue weighted by atomic mass is 16.4. The zero-order chi connectivity index (χ0) is 26.5. The molecule has 5 atom stereocenters. The van der Waals surface area contributed by atoms with Crippen molar-refractivity contribution < 1.29 is 39.6 Å². The molecule has 3 amide bonds. The lowest BCUT2D eigenvalue weighted by atomic mass is 9.76. The van der Waals surface area contributed by atoms with Gasteiger partial charge in [0.25, 0.3) is 5.91 Å². The van der Waals surface area contributed by atoms with Crippen molar-refractivity contribution in [3.8, 4) is 0 Å². The Morgan fingerprint density at radius 3 is 2.25 bits per heavy atom. The molecule has 0 spiro atoms. The van der Waals surface area contributed by atoms with Crippen molar-refractivity contribution in [2.45, 2.75) is 87.7 Å². The van der Waals surface area contributed by atoms with Crippen LogP contribution in [-0.2, 0) is 25.6 Å². The summed E-state index contributed by atoms with van der Waals surface area (Å²) >= 11 is 0. The number of carbonyl (C=O) groups excluding carboxylic acids is 3. The third-order valence-electron chi connectivity index (χ3n) is 7.34. The van der Waals surface area contributed by atoms with Gasteiger partial charge in [-0.2, -0.15) is 0 Å². The molecule has 0 radical (unpaired) electrons. The number of amides is 3. The van der Waals surface area contributed by atoms with Crippen LogP contribution >= 0.6 is 0 Å². The minimum absolute atomic E-state index is 0.0793. The van der Waals surface area contributed by atoms with E-state index in [9.17, 15) is 39.6 Å². The van der Waals surface area contributed by atoms with Gasteiger partial charge in [0.05, 0.1) is 18.6 Å². The number of carboxylic acid groups (broad SMARTS) is 1. The van der Waals surface area contributed by atoms with E-state index in [0.29, 0.717) is 12.8 Å². The van der Waals surface area contributed by atoms with E-state index < -0.39 is 71.8 Å². The van der Waals surface area contributed by atoms with Crippen LogP contribution in [0.15, 0.2) is 30.3 Å². The number of hydrogen-bond donors (Lipinski definition) is 7. The third kappa shape index (κ3) is 6.80. The molecule has 36 heavy (non-hydrogen) atoms. The molecule has 1 aromatic carbocycles. The van der Waals surface area contributed by atoms with Crippen LogP contribution in [0, 0.1) is 5.41 Å². The van der Waals surface area contributed by atoms with Gasteiger partial charge in [-0.05, 0) is 23.8 Å². The molecule has 11 heteroatoms. The first kappa shape index (κ1) is 27.6. The molecule has 8 N–H and O–H groups in total. The van der Waals surface area contributed by atoms with Crippen LogP contribution in [0.4, 0.5) is 0 Å². The molecule has 0 bridgehead atoms. The lowest BCUT2D eigenvalue weighted by molar-refractivity contribution is -0.161. The molecule has 0 saturated heterocycles. The van der Waals surface area contributed by atoms with Gasteiger partial charge in [-0.15, -0.1) is 0 Å². The van der Waals surface area contributed by atoms with Gasteiger partial charge in [-0.3, -0.25) is 19.2 Å². The Morgan fingerprint density at radius 2 is 1.67 bits per heavy atom. The van der Waals surface area contributed by atoms with Crippen molar-refractivity contribution in [3.05, 3.63) is 35.9 Å². The summed E-state index contributed by atoms with van der Waals surface area (Å²) in [5.74, 6) is -3.29. The molecule has 2 saturated carbocycles. The summed E-state index contributed by atoms with van der Waals surface area (Å²) in [6.45, 7) is 0. The lowest BCUT2D eigenvalue weighted by Crippen LogP contribution is -2.64. The molecule has 1 aromatic rings. The van der Waals surface area contributed by atoms with E-state index in [0.717, 1.165) is 18.4 Å². The van der Waals surface area contributed by atoms with E-state index >= 15 is 0 Å². The fourth-order valence-corrected chi connectivity index (χ4v) is 5.45.